The van der Waals surface area contributed by atoms with Crippen molar-refractivity contribution in [1.82, 2.24) is 19.5 Å². The van der Waals surface area contributed by atoms with Crippen LogP contribution in [0.2, 0.25) is 0 Å². The number of aliphatic hydroxyl groups excluding tert-OH is 1. The lowest BCUT2D eigenvalue weighted by atomic mass is 9.93. The summed E-state index contributed by atoms with van der Waals surface area (Å²) in [5.41, 5.74) is 7.09. The molecule has 0 unspecified atom stereocenters. The van der Waals surface area contributed by atoms with E-state index in [9.17, 15) is 0 Å². The summed E-state index contributed by atoms with van der Waals surface area (Å²) in [5, 5.41) is 12.5. The van der Waals surface area contributed by atoms with Crippen molar-refractivity contribution in [3.05, 3.63) is 6.33 Å². The summed E-state index contributed by atoms with van der Waals surface area (Å²) >= 11 is 0. The van der Waals surface area contributed by atoms with Crippen LogP contribution in [0.5, 0.6) is 0 Å². The fourth-order valence-corrected chi connectivity index (χ4v) is 2.68. The Morgan fingerprint density at radius 2 is 2.27 bits per heavy atom. The van der Waals surface area contributed by atoms with Gasteiger partial charge in [0.15, 0.2) is 29.5 Å². The summed E-state index contributed by atoms with van der Waals surface area (Å²) in [7, 11) is 0. The van der Waals surface area contributed by atoms with Crippen LogP contribution in [-0.4, -0.2) is 50.2 Å². The first-order chi connectivity index (χ1) is 10.7. The maximum Gasteiger partial charge on any atom is 0.224 e. The molecule has 9 heteroatoms. The minimum absolute atomic E-state index is 0.186. The molecule has 4 rings (SSSR count). The molecule has 2 atom stereocenters. The fourth-order valence-electron chi connectivity index (χ4n) is 2.68. The smallest absolute Gasteiger partial charge is 0.224 e. The Hall–Kier alpha value is -1.97. The van der Waals surface area contributed by atoms with Gasteiger partial charge in [0.1, 0.15) is 0 Å². The molecular weight excluding hydrogens is 288 g/mol. The number of hydrogen-bond acceptors (Lipinski definition) is 8. The van der Waals surface area contributed by atoms with Crippen molar-refractivity contribution in [3.8, 4) is 0 Å². The van der Waals surface area contributed by atoms with Crippen LogP contribution in [-0.2, 0) is 9.47 Å². The van der Waals surface area contributed by atoms with E-state index in [0.29, 0.717) is 29.6 Å². The maximum absolute atomic E-state index is 9.09. The van der Waals surface area contributed by atoms with Crippen molar-refractivity contribution in [3.63, 3.8) is 0 Å². The number of aliphatic hydroxyl groups is 1. The minimum Gasteiger partial charge on any atom is -0.391 e. The van der Waals surface area contributed by atoms with Gasteiger partial charge in [-0.3, -0.25) is 4.57 Å². The summed E-state index contributed by atoms with van der Waals surface area (Å²) in [6.45, 7) is 0.140. The summed E-state index contributed by atoms with van der Waals surface area (Å²) in [4.78, 5) is 12.9. The lowest BCUT2D eigenvalue weighted by Crippen LogP contribution is -2.27. The Morgan fingerprint density at radius 3 is 2.95 bits per heavy atom. The Labute approximate surface area is 126 Å². The van der Waals surface area contributed by atoms with Crippen molar-refractivity contribution in [1.29, 1.82) is 0 Å². The van der Waals surface area contributed by atoms with Gasteiger partial charge in [0.05, 0.1) is 19.5 Å². The summed E-state index contributed by atoms with van der Waals surface area (Å²) in [6.07, 6.45) is 4.12. The number of nitrogen functional groups attached to an aromatic ring is 1. The van der Waals surface area contributed by atoms with E-state index in [0.717, 1.165) is 12.8 Å². The van der Waals surface area contributed by atoms with Crippen LogP contribution < -0.4 is 11.1 Å². The number of nitrogens with two attached hydrogens (primary N) is 1. The first-order valence-electron chi connectivity index (χ1n) is 7.39. The third-order valence-corrected chi connectivity index (χ3v) is 4.08. The van der Waals surface area contributed by atoms with Gasteiger partial charge in [-0.1, -0.05) is 0 Å². The molecule has 22 heavy (non-hydrogen) atoms. The summed E-state index contributed by atoms with van der Waals surface area (Å²) in [6, 6.07) is 0.424. The van der Waals surface area contributed by atoms with Crippen molar-refractivity contribution in [2.24, 2.45) is 0 Å². The molecule has 2 aromatic heterocycles. The first kappa shape index (κ1) is 13.7. The molecule has 1 saturated carbocycles. The van der Waals surface area contributed by atoms with Crippen LogP contribution in [0.1, 0.15) is 25.5 Å². The zero-order valence-corrected chi connectivity index (χ0v) is 12.0. The monoisotopic (exact) mass is 306 g/mol. The molecule has 1 aliphatic carbocycles. The molecule has 0 bridgehead atoms. The molecule has 3 heterocycles. The van der Waals surface area contributed by atoms with Gasteiger partial charge < -0.3 is 25.6 Å². The van der Waals surface area contributed by atoms with Crippen molar-refractivity contribution >= 4 is 22.9 Å². The van der Waals surface area contributed by atoms with Crippen LogP contribution in [0.15, 0.2) is 6.33 Å². The van der Waals surface area contributed by atoms with Gasteiger partial charge in [-0.25, -0.2) is 4.98 Å². The minimum atomic E-state index is -0.616. The molecule has 0 spiro atoms. The van der Waals surface area contributed by atoms with Crippen molar-refractivity contribution < 1.29 is 14.6 Å². The van der Waals surface area contributed by atoms with Crippen molar-refractivity contribution in [2.75, 3.05) is 24.3 Å². The van der Waals surface area contributed by atoms with Crippen LogP contribution in [0, 0.1) is 0 Å². The molecule has 9 nitrogen and oxygen atoms in total. The molecule has 2 aliphatic rings. The summed E-state index contributed by atoms with van der Waals surface area (Å²) in [5.74, 6) is 0.845. The van der Waals surface area contributed by atoms with E-state index in [1.165, 1.54) is 6.42 Å². The van der Waals surface area contributed by atoms with Gasteiger partial charge in [-0.15, -0.1) is 0 Å². The molecule has 1 aliphatic heterocycles. The number of nitrogens with zero attached hydrogens (tertiary/aromatic N) is 4. The van der Waals surface area contributed by atoms with Crippen LogP contribution in [0.3, 0.4) is 0 Å². The number of ether oxygens (including phenoxy) is 2. The standard InChI is InChI=1S/C13H18N6O3/c14-13-17-11(16-7-2-1-3-7)10-12(18-13)19(6-15-10)8-5-21-9(4-20)22-8/h6-9,20H,1-5H2,(H3,14,16,17,18)/t8-,9-/m0/s1. The number of nitrogens with one attached hydrogen (secondary N) is 1. The Balaban J connectivity index is 1.68. The molecule has 2 fully saturated rings. The third kappa shape index (κ3) is 2.27. The van der Waals surface area contributed by atoms with Crippen LogP contribution >= 0.6 is 0 Å². The molecule has 1 saturated heterocycles. The molecule has 118 valence electrons. The van der Waals surface area contributed by atoms with Gasteiger partial charge in [0, 0.05) is 6.04 Å². The topological polar surface area (TPSA) is 120 Å². The predicted molar refractivity (Wildman–Crippen MR) is 77.9 cm³/mol. The van der Waals surface area contributed by atoms with E-state index in [-0.39, 0.29) is 18.8 Å². The number of imidazole rings is 1. The number of fused-ring (bicyclic) bond motifs is 1. The average Bonchev–Trinajstić information content (AvgIpc) is 3.08. The molecule has 4 N–H and O–H groups in total. The third-order valence-electron chi connectivity index (χ3n) is 4.08. The normalized spacial score (nSPS) is 25.5. The molecular formula is C13H18N6O3. The SMILES string of the molecule is Nc1nc(NC2CCC2)c2ncn([C@@H]3CO[C@H](CO)O3)c2n1. The number of hydrogen-bond donors (Lipinski definition) is 3. The highest BCUT2D eigenvalue weighted by Crippen LogP contribution is 2.29. The van der Waals surface area contributed by atoms with E-state index < -0.39 is 6.29 Å². The molecule has 0 aromatic carbocycles. The Morgan fingerprint density at radius 1 is 1.41 bits per heavy atom. The number of anilines is 2. The second-order valence-electron chi connectivity index (χ2n) is 5.56. The quantitative estimate of drug-likeness (QED) is 0.734. The second kappa shape index (κ2) is 5.34. The van der Waals surface area contributed by atoms with Gasteiger partial charge in [0.2, 0.25) is 5.95 Å². The average molecular weight is 306 g/mol. The molecule has 0 amide bonds. The zero-order chi connectivity index (χ0) is 15.1. The predicted octanol–water partition coefficient (Wildman–Crippen LogP) is 0.237. The fraction of sp³-hybridized carbons (Fsp3) is 0.615. The highest BCUT2D eigenvalue weighted by atomic mass is 16.7. The van der Waals surface area contributed by atoms with Crippen LogP contribution in [0.25, 0.3) is 11.2 Å². The number of aromatic nitrogens is 4. The van der Waals surface area contributed by atoms with Gasteiger partial charge in [0.25, 0.3) is 0 Å². The molecule has 2 aromatic rings. The van der Waals surface area contributed by atoms with E-state index in [1.807, 2.05) is 0 Å². The van der Waals surface area contributed by atoms with E-state index in [4.69, 9.17) is 20.3 Å². The van der Waals surface area contributed by atoms with E-state index >= 15 is 0 Å². The highest BCUT2D eigenvalue weighted by Gasteiger charge is 2.29. The number of rotatable bonds is 4. The first-order valence-corrected chi connectivity index (χ1v) is 7.39. The lowest BCUT2D eigenvalue weighted by Gasteiger charge is -2.26. The molecule has 0 radical (unpaired) electrons. The lowest BCUT2D eigenvalue weighted by molar-refractivity contribution is -0.0980. The summed E-state index contributed by atoms with van der Waals surface area (Å²) < 4.78 is 12.7. The highest BCUT2D eigenvalue weighted by molar-refractivity contribution is 5.84. The van der Waals surface area contributed by atoms with Crippen LogP contribution in [0.4, 0.5) is 11.8 Å². The Bertz CT molecular complexity index is 686. The van der Waals surface area contributed by atoms with Gasteiger partial charge in [-0.2, -0.15) is 9.97 Å². The maximum atomic E-state index is 9.09. The zero-order valence-electron chi connectivity index (χ0n) is 12.0. The van der Waals surface area contributed by atoms with E-state index in [1.54, 1.807) is 10.9 Å². The van der Waals surface area contributed by atoms with Crippen molar-refractivity contribution in [2.45, 2.75) is 37.8 Å². The van der Waals surface area contributed by atoms with E-state index in [2.05, 4.69) is 20.3 Å². The van der Waals surface area contributed by atoms with Gasteiger partial charge in [-0.05, 0) is 19.3 Å². The Kier molecular flexibility index (Phi) is 3.32. The second-order valence-corrected chi connectivity index (χ2v) is 5.56. The largest absolute Gasteiger partial charge is 0.391 e. The van der Waals surface area contributed by atoms with Gasteiger partial charge >= 0.3 is 0 Å².